The van der Waals surface area contributed by atoms with Crippen LogP contribution in [-0.2, 0) is 21.7 Å². The van der Waals surface area contributed by atoms with E-state index in [1.54, 1.807) is 0 Å². The maximum atomic E-state index is 6.60. The number of rotatable bonds is 5. The first-order valence-electron chi connectivity index (χ1n) is 27.3. The molecule has 75 heavy (non-hydrogen) atoms. The fourth-order valence-corrected chi connectivity index (χ4v) is 11.8. The van der Waals surface area contributed by atoms with Crippen LogP contribution in [0.15, 0.2) is 146 Å². The van der Waals surface area contributed by atoms with Crippen LogP contribution in [0.3, 0.4) is 0 Å². The Hall–Kier alpha value is -6.98. The lowest BCUT2D eigenvalue weighted by Crippen LogP contribution is -2.61. The molecule has 3 aliphatic rings. The van der Waals surface area contributed by atoms with Crippen LogP contribution in [0, 0.1) is 20.8 Å². The van der Waals surface area contributed by atoms with Gasteiger partial charge in [0.25, 0.3) is 6.71 Å². The number of ether oxygens (including phenoxy) is 2. The third-order valence-electron chi connectivity index (χ3n) is 16.1. The quantitative estimate of drug-likeness (QED) is 0.160. The normalized spacial score (nSPS) is 14.3. The summed E-state index contributed by atoms with van der Waals surface area (Å²) in [7, 11) is 0. The number of hydrogen-bond acceptors (Lipinski definition) is 4. The molecule has 0 saturated heterocycles. The van der Waals surface area contributed by atoms with Crippen molar-refractivity contribution in [3.63, 3.8) is 0 Å². The number of benzene rings is 8. The van der Waals surface area contributed by atoms with Crippen LogP contribution in [0.4, 0.5) is 34.1 Å². The number of anilines is 6. The second-order valence-electron chi connectivity index (χ2n) is 26.0. The van der Waals surface area contributed by atoms with E-state index in [1.807, 2.05) is 0 Å². The summed E-state index contributed by atoms with van der Waals surface area (Å²) in [5.41, 5.74) is 27.0. The van der Waals surface area contributed by atoms with Crippen LogP contribution < -0.4 is 35.7 Å². The lowest BCUT2D eigenvalue weighted by atomic mass is 9.33. The fourth-order valence-electron chi connectivity index (χ4n) is 11.8. The molecule has 4 nitrogen and oxygen atoms in total. The van der Waals surface area contributed by atoms with Crippen LogP contribution in [-0.4, -0.2) is 19.9 Å². The van der Waals surface area contributed by atoms with E-state index in [9.17, 15) is 0 Å². The Kier molecular flexibility index (Phi) is 12.1. The largest absolute Gasteiger partial charge is 0.490 e. The zero-order valence-electron chi connectivity index (χ0n) is 47.3. The highest BCUT2D eigenvalue weighted by molar-refractivity contribution is 7.00. The van der Waals surface area contributed by atoms with Crippen molar-refractivity contribution in [3.8, 4) is 44.9 Å². The minimum atomic E-state index is -0.102. The molecule has 0 bridgehead atoms. The highest BCUT2D eigenvalue weighted by atomic mass is 16.5. The minimum Gasteiger partial charge on any atom is -0.490 e. The Bertz CT molecular complexity index is 3420. The predicted octanol–water partition coefficient (Wildman–Crippen LogP) is 17.0. The monoisotopic (exact) mass is 987 g/mol. The first kappa shape index (κ1) is 50.2. The Morgan fingerprint density at radius 1 is 0.373 bits per heavy atom. The molecular formula is C70H75BN2O2. The van der Waals surface area contributed by atoms with Crippen LogP contribution in [0.25, 0.3) is 33.4 Å². The number of fused-ring (bicyclic) bond motifs is 5. The van der Waals surface area contributed by atoms with Gasteiger partial charge in [0, 0.05) is 40.9 Å². The van der Waals surface area contributed by atoms with Gasteiger partial charge in [0.05, 0.1) is 18.9 Å². The van der Waals surface area contributed by atoms with Gasteiger partial charge in [0.1, 0.15) is 0 Å². The first-order chi connectivity index (χ1) is 35.4. The topological polar surface area (TPSA) is 24.9 Å². The molecule has 380 valence electrons. The van der Waals surface area contributed by atoms with Crippen molar-refractivity contribution in [1.29, 1.82) is 0 Å². The lowest BCUT2D eigenvalue weighted by molar-refractivity contribution is 0.297. The Morgan fingerprint density at radius 3 is 1.28 bits per heavy atom. The molecule has 0 aliphatic carbocycles. The molecule has 8 aromatic rings. The summed E-state index contributed by atoms with van der Waals surface area (Å²) in [6, 6.07) is 56.5. The maximum Gasteiger partial charge on any atom is 0.252 e. The summed E-state index contributed by atoms with van der Waals surface area (Å²) in [6.07, 6.45) is 0.836. The average molecular weight is 987 g/mol. The van der Waals surface area contributed by atoms with E-state index in [-0.39, 0.29) is 28.4 Å². The van der Waals surface area contributed by atoms with Crippen LogP contribution >= 0.6 is 0 Å². The van der Waals surface area contributed by atoms with E-state index in [0.29, 0.717) is 13.2 Å². The van der Waals surface area contributed by atoms with E-state index >= 15 is 0 Å². The number of aryl methyl sites for hydroxylation is 3. The van der Waals surface area contributed by atoms with Crippen molar-refractivity contribution in [2.24, 2.45) is 0 Å². The fraction of sp³-hybridized carbons (Fsp3) is 0.314. The van der Waals surface area contributed by atoms with Gasteiger partial charge in [-0.2, -0.15) is 0 Å². The molecule has 0 saturated carbocycles. The molecule has 5 heteroatoms. The molecule has 0 aromatic heterocycles. The molecule has 0 spiro atoms. The van der Waals surface area contributed by atoms with Gasteiger partial charge in [-0.25, -0.2) is 0 Å². The van der Waals surface area contributed by atoms with Crippen molar-refractivity contribution in [2.45, 2.75) is 132 Å². The molecule has 0 radical (unpaired) electrons. The summed E-state index contributed by atoms with van der Waals surface area (Å²) in [5, 5.41) is 0. The molecule has 8 aromatic carbocycles. The van der Waals surface area contributed by atoms with E-state index < -0.39 is 0 Å². The van der Waals surface area contributed by atoms with Crippen LogP contribution in [0.2, 0.25) is 0 Å². The molecule has 0 amide bonds. The standard InChI is InChI=1S/C70H75BN2O2/c1-43-33-61-65-62(34-43)73(66-44(2)35-55(36-45(66)3)70(13,14)15)60-42-64-63(74-31-16-32-75-64)41-58(60)71(65)57-30-23-49(46-17-24-52(25-18-46)67(4,5)6)40-59(57)72(61)56-38-50(47-19-26-53(27-20-47)68(7,8)9)37-51(39-56)48-21-28-54(29-22-48)69(10,11)12/h17-30,33-42H,16,31-32H2,1-15H3. The van der Waals surface area contributed by atoms with Gasteiger partial charge in [0.15, 0.2) is 11.5 Å². The molecule has 3 aliphatic heterocycles. The summed E-state index contributed by atoms with van der Waals surface area (Å²) >= 11 is 0. The van der Waals surface area contributed by atoms with Gasteiger partial charge in [-0.3, -0.25) is 0 Å². The predicted molar refractivity (Wildman–Crippen MR) is 321 cm³/mol. The minimum absolute atomic E-state index is 0.00169. The van der Waals surface area contributed by atoms with Gasteiger partial charge in [-0.05, 0) is 174 Å². The zero-order valence-corrected chi connectivity index (χ0v) is 47.3. The molecular weight excluding hydrogens is 912 g/mol. The van der Waals surface area contributed by atoms with Crippen molar-refractivity contribution < 1.29 is 9.47 Å². The third-order valence-corrected chi connectivity index (χ3v) is 16.1. The van der Waals surface area contributed by atoms with Crippen molar-refractivity contribution >= 4 is 57.2 Å². The third kappa shape index (κ3) is 9.15. The van der Waals surface area contributed by atoms with Gasteiger partial charge < -0.3 is 19.3 Å². The molecule has 0 N–H and O–H groups in total. The zero-order chi connectivity index (χ0) is 53.1. The van der Waals surface area contributed by atoms with Gasteiger partial charge in [0.2, 0.25) is 0 Å². The molecule has 0 atom stereocenters. The van der Waals surface area contributed by atoms with Crippen molar-refractivity contribution in [2.75, 3.05) is 23.0 Å². The highest BCUT2D eigenvalue weighted by Gasteiger charge is 2.45. The summed E-state index contributed by atoms with van der Waals surface area (Å²) in [5.74, 6) is 1.61. The summed E-state index contributed by atoms with van der Waals surface area (Å²) < 4.78 is 13.2. The first-order valence-corrected chi connectivity index (χ1v) is 27.3. The molecule has 3 heterocycles. The van der Waals surface area contributed by atoms with Gasteiger partial charge in [-0.15, -0.1) is 0 Å². The maximum absolute atomic E-state index is 6.60. The van der Waals surface area contributed by atoms with E-state index in [1.165, 1.54) is 111 Å². The van der Waals surface area contributed by atoms with E-state index in [4.69, 9.17) is 9.47 Å². The molecule has 0 fully saturated rings. The lowest BCUT2D eigenvalue weighted by Gasteiger charge is -2.45. The van der Waals surface area contributed by atoms with Crippen LogP contribution in [0.1, 0.15) is 128 Å². The Morgan fingerprint density at radius 2 is 0.800 bits per heavy atom. The average Bonchev–Trinajstić information content (AvgIpc) is 3.63. The summed E-state index contributed by atoms with van der Waals surface area (Å²) in [6.45, 7) is 35.5. The Balaban J connectivity index is 1.22. The van der Waals surface area contributed by atoms with E-state index in [2.05, 4.69) is 259 Å². The molecule has 0 unspecified atom stereocenters. The summed E-state index contributed by atoms with van der Waals surface area (Å²) in [4.78, 5) is 5.16. The smallest absolute Gasteiger partial charge is 0.252 e. The molecule has 11 rings (SSSR count). The second kappa shape index (κ2) is 18.1. The van der Waals surface area contributed by atoms with Crippen molar-refractivity contribution in [1.82, 2.24) is 0 Å². The SMILES string of the molecule is Cc1cc2c3c(c1)N(c1c(C)cc(C(C)(C)C)cc1C)c1cc4c(cc1B3c1ccc(-c3ccc(C(C)(C)C)cc3)cc1N2c1cc(-c2ccc(C(C)(C)C)cc2)cc(-c2ccc(C(C)(C)C)cc2)c1)OCCCO4. The van der Waals surface area contributed by atoms with Gasteiger partial charge in [-0.1, -0.05) is 180 Å². The van der Waals surface area contributed by atoms with Gasteiger partial charge >= 0.3 is 0 Å². The second-order valence-corrected chi connectivity index (χ2v) is 26.0. The van der Waals surface area contributed by atoms with Crippen LogP contribution in [0.5, 0.6) is 11.5 Å². The number of nitrogens with zero attached hydrogens (tertiary/aromatic N) is 2. The van der Waals surface area contributed by atoms with E-state index in [0.717, 1.165) is 29.3 Å². The van der Waals surface area contributed by atoms with Crippen molar-refractivity contribution in [3.05, 3.63) is 185 Å². The number of hydrogen-bond donors (Lipinski definition) is 0. The Labute approximate surface area is 448 Å². The highest BCUT2D eigenvalue weighted by Crippen LogP contribution is 2.50.